The fourth-order valence-electron chi connectivity index (χ4n) is 2.72. The van der Waals surface area contributed by atoms with Gasteiger partial charge in [-0.05, 0) is 24.3 Å². The number of benzene rings is 2. The third kappa shape index (κ3) is 2.37. The van der Waals surface area contributed by atoms with Gasteiger partial charge in [0.2, 0.25) is 5.91 Å². The molecule has 1 unspecified atom stereocenters. The summed E-state index contributed by atoms with van der Waals surface area (Å²) in [6, 6.07) is 8.89. The molecule has 1 aliphatic rings. The van der Waals surface area contributed by atoms with E-state index in [0.717, 1.165) is 17.0 Å². The summed E-state index contributed by atoms with van der Waals surface area (Å²) in [5.74, 6) is -1.13. The second-order valence-electron chi connectivity index (χ2n) is 5.23. The molecule has 4 nitrogen and oxygen atoms in total. The van der Waals surface area contributed by atoms with Crippen molar-refractivity contribution in [2.75, 3.05) is 10.7 Å². The Balaban J connectivity index is 1.79. The van der Waals surface area contributed by atoms with Crippen LogP contribution in [0, 0.1) is 11.6 Å². The van der Waals surface area contributed by atoms with Gasteiger partial charge in [0, 0.05) is 22.7 Å². The molecule has 2 heterocycles. The van der Waals surface area contributed by atoms with Gasteiger partial charge >= 0.3 is 0 Å². The minimum atomic E-state index is -0.647. The molecule has 1 fully saturated rings. The molecular weight excluding hydrogens is 320 g/mol. The van der Waals surface area contributed by atoms with Gasteiger partial charge in [-0.25, -0.2) is 8.78 Å². The lowest BCUT2D eigenvalue weighted by Crippen LogP contribution is -2.28. The summed E-state index contributed by atoms with van der Waals surface area (Å²) in [7, 11) is 0. The van der Waals surface area contributed by atoms with Gasteiger partial charge in [0.25, 0.3) is 0 Å². The fraction of sp³-hybridized carbons (Fsp3) is 0.125. The molecule has 116 valence electrons. The van der Waals surface area contributed by atoms with Gasteiger partial charge in [0.15, 0.2) is 0 Å². The van der Waals surface area contributed by atoms with Gasteiger partial charge in [-0.3, -0.25) is 14.8 Å². The molecular formula is C16H11F2N3OS. The van der Waals surface area contributed by atoms with E-state index in [2.05, 4.69) is 10.2 Å². The number of aromatic amines is 1. The van der Waals surface area contributed by atoms with Gasteiger partial charge in [-0.1, -0.05) is 6.07 Å². The molecule has 0 bridgehead atoms. The molecule has 1 aliphatic heterocycles. The Morgan fingerprint density at radius 2 is 2.09 bits per heavy atom. The number of carbonyl (C=O) groups is 1. The standard InChI is InChI=1S/C16H11F2N3OS/c17-10-1-3-12(13(18)6-10)16-21(15(22)8-23-16)11-2-4-14-9(5-11)7-19-20-14/h1-7,16H,8H2,(H,19,20). The van der Waals surface area contributed by atoms with E-state index in [1.807, 2.05) is 12.1 Å². The van der Waals surface area contributed by atoms with Crippen molar-refractivity contribution in [2.45, 2.75) is 5.37 Å². The maximum absolute atomic E-state index is 14.1. The molecule has 0 aliphatic carbocycles. The predicted octanol–water partition coefficient (Wildman–Crippen LogP) is 3.62. The fourth-order valence-corrected chi connectivity index (χ4v) is 3.91. The highest BCUT2D eigenvalue weighted by atomic mass is 32.2. The average Bonchev–Trinajstić information content (AvgIpc) is 3.13. The minimum absolute atomic E-state index is 0.105. The number of carbonyl (C=O) groups excluding carboxylic acids is 1. The van der Waals surface area contributed by atoms with Gasteiger partial charge in [0.1, 0.15) is 17.0 Å². The Bertz CT molecular complexity index is 911. The molecule has 1 atom stereocenters. The zero-order valence-electron chi connectivity index (χ0n) is 11.8. The minimum Gasteiger partial charge on any atom is -0.295 e. The number of amides is 1. The Labute approximate surface area is 134 Å². The third-order valence-electron chi connectivity index (χ3n) is 3.80. The van der Waals surface area contributed by atoms with Crippen molar-refractivity contribution in [1.82, 2.24) is 10.2 Å². The Kier molecular flexibility index (Phi) is 3.30. The number of nitrogens with one attached hydrogen (secondary N) is 1. The van der Waals surface area contributed by atoms with E-state index in [0.29, 0.717) is 11.3 Å². The van der Waals surface area contributed by atoms with E-state index in [1.165, 1.54) is 23.9 Å². The van der Waals surface area contributed by atoms with Gasteiger partial charge in [-0.15, -0.1) is 11.8 Å². The molecule has 1 N–H and O–H groups in total. The summed E-state index contributed by atoms with van der Waals surface area (Å²) in [4.78, 5) is 13.8. The van der Waals surface area contributed by atoms with Crippen LogP contribution in [-0.4, -0.2) is 21.9 Å². The van der Waals surface area contributed by atoms with Crippen LogP contribution in [0.1, 0.15) is 10.9 Å². The third-order valence-corrected chi connectivity index (χ3v) is 4.99. The Hall–Kier alpha value is -2.41. The van der Waals surface area contributed by atoms with Crippen LogP contribution in [0.25, 0.3) is 10.9 Å². The molecule has 4 rings (SSSR count). The van der Waals surface area contributed by atoms with Crippen molar-refractivity contribution in [1.29, 1.82) is 0 Å². The monoisotopic (exact) mass is 331 g/mol. The second kappa shape index (κ2) is 5.34. The average molecular weight is 331 g/mol. The second-order valence-corrected chi connectivity index (χ2v) is 6.30. The van der Waals surface area contributed by atoms with Crippen LogP contribution in [0.5, 0.6) is 0 Å². The van der Waals surface area contributed by atoms with Crippen LogP contribution < -0.4 is 4.90 Å². The van der Waals surface area contributed by atoms with Crippen molar-refractivity contribution >= 4 is 34.3 Å². The first-order valence-corrected chi connectivity index (χ1v) is 8.00. The van der Waals surface area contributed by atoms with Gasteiger partial charge in [-0.2, -0.15) is 5.10 Å². The summed E-state index contributed by atoms with van der Waals surface area (Å²) in [5, 5.41) is 7.16. The van der Waals surface area contributed by atoms with Gasteiger partial charge in [0.05, 0.1) is 17.5 Å². The summed E-state index contributed by atoms with van der Waals surface area (Å²) in [5.41, 5.74) is 1.83. The Morgan fingerprint density at radius 1 is 1.22 bits per heavy atom. The molecule has 7 heteroatoms. The molecule has 1 amide bonds. The number of nitrogens with zero attached hydrogens (tertiary/aromatic N) is 2. The topological polar surface area (TPSA) is 49.0 Å². The SMILES string of the molecule is O=C1CSC(c2ccc(F)cc2F)N1c1ccc2[nH]ncc2c1. The summed E-state index contributed by atoms with van der Waals surface area (Å²) >= 11 is 1.32. The largest absolute Gasteiger partial charge is 0.295 e. The van der Waals surface area contributed by atoms with Crippen molar-refractivity contribution in [2.24, 2.45) is 0 Å². The summed E-state index contributed by atoms with van der Waals surface area (Å²) < 4.78 is 27.2. The smallest absolute Gasteiger partial charge is 0.238 e. The zero-order valence-corrected chi connectivity index (χ0v) is 12.6. The van der Waals surface area contributed by atoms with Crippen molar-refractivity contribution in [3.63, 3.8) is 0 Å². The van der Waals surface area contributed by atoms with E-state index >= 15 is 0 Å². The van der Waals surface area contributed by atoms with Crippen LogP contribution in [0.2, 0.25) is 0 Å². The quantitative estimate of drug-likeness (QED) is 0.780. The molecule has 1 aromatic heterocycles. The highest BCUT2D eigenvalue weighted by molar-refractivity contribution is 8.00. The number of aromatic nitrogens is 2. The number of thioether (sulfide) groups is 1. The number of halogens is 2. The van der Waals surface area contributed by atoms with Crippen molar-refractivity contribution in [3.05, 3.63) is 59.8 Å². The zero-order chi connectivity index (χ0) is 16.0. The Morgan fingerprint density at radius 3 is 2.91 bits per heavy atom. The van der Waals surface area contributed by atoms with Crippen LogP contribution >= 0.6 is 11.8 Å². The molecule has 0 spiro atoms. The highest BCUT2D eigenvalue weighted by Gasteiger charge is 2.35. The number of rotatable bonds is 2. The summed E-state index contributed by atoms with van der Waals surface area (Å²) in [6.07, 6.45) is 1.67. The van der Waals surface area contributed by atoms with Crippen molar-refractivity contribution in [3.8, 4) is 0 Å². The number of hydrogen-bond donors (Lipinski definition) is 1. The first-order chi connectivity index (χ1) is 11.1. The van der Waals surface area contributed by atoms with Crippen molar-refractivity contribution < 1.29 is 13.6 Å². The van der Waals surface area contributed by atoms with Crippen LogP contribution in [0.4, 0.5) is 14.5 Å². The van der Waals surface area contributed by atoms with E-state index in [1.54, 1.807) is 17.2 Å². The van der Waals surface area contributed by atoms with E-state index < -0.39 is 17.0 Å². The number of H-pyrrole nitrogens is 1. The molecule has 23 heavy (non-hydrogen) atoms. The van der Waals surface area contributed by atoms with E-state index in [-0.39, 0.29) is 11.7 Å². The molecule has 0 saturated carbocycles. The lowest BCUT2D eigenvalue weighted by molar-refractivity contribution is -0.115. The number of anilines is 1. The highest BCUT2D eigenvalue weighted by Crippen LogP contribution is 2.43. The predicted molar refractivity (Wildman–Crippen MR) is 85.1 cm³/mol. The van der Waals surface area contributed by atoms with Crippen LogP contribution in [0.15, 0.2) is 42.6 Å². The van der Waals surface area contributed by atoms with E-state index in [9.17, 15) is 13.6 Å². The van der Waals surface area contributed by atoms with Crippen LogP contribution in [0.3, 0.4) is 0 Å². The first kappa shape index (κ1) is 14.2. The maximum atomic E-state index is 14.1. The van der Waals surface area contributed by atoms with Gasteiger partial charge < -0.3 is 0 Å². The lowest BCUT2D eigenvalue weighted by Gasteiger charge is -2.24. The molecule has 1 saturated heterocycles. The molecule has 0 radical (unpaired) electrons. The molecule has 2 aromatic carbocycles. The normalized spacial score (nSPS) is 18.1. The lowest BCUT2D eigenvalue weighted by atomic mass is 10.1. The summed E-state index contributed by atoms with van der Waals surface area (Å²) in [6.45, 7) is 0. The van der Waals surface area contributed by atoms with Crippen LogP contribution in [-0.2, 0) is 4.79 Å². The number of hydrogen-bond acceptors (Lipinski definition) is 3. The molecule has 3 aromatic rings. The van der Waals surface area contributed by atoms with E-state index in [4.69, 9.17) is 0 Å². The number of fused-ring (bicyclic) bond motifs is 1. The first-order valence-electron chi connectivity index (χ1n) is 6.95. The maximum Gasteiger partial charge on any atom is 0.238 e.